The van der Waals surface area contributed by atoms with Gasteiger partial charge in [-0.25, -0.2) is 9.97 Å². The molecule has 30 heavy (non-hydrogen) atoms. The molecule has 2 aliphatic rings. The van der Waals surface area contributed by atoms with Crippen molar-refractivity contribution < 1.29 is 4.74 Å². The monoisotopic (exact) mass is 397 g/mol. The van der Waals surface area contributed by atoms with Crippen LogP contribution in [-0.2, 0) is 13.2 Å². The van der Waals surface area contributed by atoms with Crippen LogP contribution in [0.1, 0.15) is 54.2 Å². The smallest absolute Gasteiger partial charge is 0.254 e. The first-order chi connectivity index (χ1) is 14.7. The quantitative estimate of drug-likeness (QED) is 0.592. The zero-order valence-electron chi connectivity index (χ0n) is 16.8. The number of nitrogens with zero attached hydrogens (tertiary/aromatic N) is 3. The van der Waals surface area contributed by atoms with E-state index in [-0.39, 0.29) is 12.2 Å². The van der Waals surface area contributed by atoms with Crippen LogP contribution in [-0.4, -0.2) is 14.5 Å². The zero-order valence-corrected chi connectivity index (χ0v) is 16.8. The molecular weight excluding hydrogens is 374 g/mol. The highest BCUT2D eigenvalue weighted by atomic mass is 16.5. The first kappa shape index (κ1) is 18.6. The van der Waals surface area contributed by atoms with E-state index < -0.39 is 0 Å². The molecule has 0 amide bonds. The van der Waals surface area contributed by atoms with E-state index in [9.17, 15) is 4.79 Å². The Balaban J connectivity index is 1.34. The predicted octanol–water partition coefficient (Wildman–Crippen LogP) is 3.90. The molecule has 0 saturated heterocycles. The van der Waals surface area contributed by atoms with Gasteiger partial charge in [-0.3, -0.25) is 4.79 Å². The molecule has 1 aromatic carbocycles. The maximum atomic E-state index is 12.9. The van der Waals surface area contributed by atoms with Gasteiger partial charge < -0.3 is 9.30 Å². The van der Waals surface area contributed by atoms with Crippen LogP contribution >= 0.6 is 0 Å². The van der Waals surface area contributed by atoms with Gasteiger partial charge in [0, 0.05) is 41.7 Å². The van der Waals surface area contributed by atoms with E-state index in [4.69, 9.17) is 4.74 Å². The molecule has 0 radical (unpaired) electrons. The van der Waals surface area contributed by atoms with Crippen molar-refractivity contribution in [3.05, 3.63) is 87.9 Å². The molecule has 0 aliphatic heterocycles. The second-order valence-corrected chi connectivity index (χ2v) is 8.01. The highest BCUT2D eigenvalue weighted by Gasteiger charge is 2.27. The first-order valence-corrected chi connectivity index (χ1v) is 10.5. The average molecular weight is 397 g/mol. The topological polar surface area (TPSA) is 57.0 Å². The van der Waals surface area contributed by atoms with E-state index in [1.807, 2.05) is 22.8 Å². The summed E-state index contributed by atoms with van der Waals surface area (Å²) in [6, 6.07) is 13.5. The van der Waals surface area contributed by atoms with Crippen LogP contribution in [0.15, 0.2) is 59.7 Å². The van der Waals surface area contributed by atoms with E-state index in [2.05, 4.69) is 33.9 Å². The van der Waals surface area contributed by atoms with E-state index in [1.54, 1.807) is 24.5 Å². The van der Waals surface area contributed by atoms with Gasteiger partial charge in [0.1, 0.15) is 12.4 Å². The summed E-state index contributed by atoms with van der Waals surface area (Å²) >= 11 is 0. The third-order valence-electron chi connectivity index (χ3n) is 5.41. The predicted molar refractivity (Wildman–Crippen MR) is 114 cm³/mol. The molecule has 5 heteroatoms. The van der Waals surface area contributed by atoms with E-state index >= 15 is 0 Å². The van der Waals surface area contributed by atoms with Crippen LogP contribution < -0.4 is 10.3 Å². The number of benzene rings is 1. The molecule has 5 rings (SSSR count). The lowest BCUT2D eigenvalue weighted by Gasteiger charge is -2.15. The third kappa shape index (κ3) is 4.60. The lowest BCUT2D eigenvalue weighted by Crippen LogP contribution is -2.23. The van der Waals surface area contributed by atoms with Crippen molar-refractivity contribution in [2.75, 3.05) is 0 Å². The summed E-state index contributed by atoms with van der Waals surface area (Å²) in [6.45, 7) is 0.806. The standard InChI is InChI=1S/C25H23N3O2/c29-25-15-22(30-17-24-26-12-1-13-27-24)14-23(21-10-11-21)28(25)16-20-8-6-19(7-9-20)5-4-18-2-3-18/h1,6-9,12-15,18,21H,2-3,10-11,16-17H2. The fourth-order valence-corrected chi connectivity index (χ4v) is 3.40. The van der Waals surface area contributed by atoms with Crippen LogP contribution in [0.2, 0.25) is 0 Å². The molecule has 2 fully saturated rings. The van der Waals surface area contributed by atoms with Crippen LogP contribution in [0.25, 0.3) is 0 Å². The molecule has 3 aromatic rings. The molecular formula is C25H23N3O2. The van der Waals surface area contributed by atoms with Crippen molar-refractivity contribution >= 4 is 0 Å². The molecule has 150 valence electrons. The van der Waals surface area contributed by atoms with Gasteiger partial charge in [-0.15, -0.1) is 0 Å². The Labute approximate surface area is 175 Å². The number of rotatable bonds is 6. The number of ether oxygens (including phenoxy) is 1. The first-order valence-electron chi connectivity index (χ1n) is 10.5. The summed E-state index contributed by atoms with van der Waals surface area (Å²) in [5.74, 6) is 8.72. The summed E-state index contributed by atoms with van der Waals surface area (Å²) in [5.41, 5.74) is 3.14. The Morgan fingerprint density at radius 3 is 2.50 bits per heavy atom. The highest BCUT2D eigenvalue weighted by Crippen LogP contribution is 2.40. The van der Waals surface area contributed by atoms with Gasteiger partial charge >= 0.3 is 0 Å². The van der Waals surface area contributed by atoms with Crippen molar-refractivity contribution in [3.8, 4) is 17.6 Å². The van der Waals surface area contributed by atoms with Crippen LogP contribution in [0.4, 0.5) is 0 Å². The fourth-order valence-electron chi connectivity index (χ4n) is 3.40. The molecule has 0 spiro atoms. The van der Waals surface area contributed by atoms with Gasteiger partial charge in [-0.1, -0.05) is 24.0 Å². The molecule has 2 heterocycles. The molecule has 2 aliphatic carbocycles. The van der Waals surface area contributed by atoms with Crippen molar-refractivity contribution in [1.29, 1.82) is 0 Å². The van der Waals surface area contributed by atoms with E-state index in [0.717, 1.165) is 29.7 Å². The van der Waals surface area contributed by atoms with E-state index in [0.29, 0.717) is 30.0 Å². The Bertz CT molecular complexity index is 1150. The Morgan fingerprint density at radius 2 is 1.80 bits per heavy atom. The summed E-state index contributed by atoms with van der Waals surface area (Å²) in [7, 11) is 0. The number of hydrogen-bond donors (Lipinski definition) is 0. The van der Waals surface area contributed by atoms with Crippen LogP contribution in [0, 0.1) is 17.8 Å². The summed E-state index contributed by atoms with van der Waals surface area (Å²) in [6.07, 6.45) is 8.05. The van der Waals surface area contributed by atoms with Crippen LogP contribution in [0.5, 0.6) is 5.75 Å². The maximum absolute atomic E-state index is 12.9. The lowest BCUT2D eigenvalue weighted by molar-refractivity contribution is 0.294. The molecule has 0 bridgehead atoms. The summed E-state index contributed by atoms with van der Waals surface area (Å²) < 4.78 is 7.68. The average Bonchev–Trinajstić information content (AvgIpc) is 3.68. The Kier molecular flexibility index (Phi) is 5.06. The van der Waals surface area contributed by atoms with E-state index in [1.165, 1.54) is 12.8 Å². The fraction of sp³-hybridized carbons (Fsp3) is 0.320. The largest absolute Gasteiger partial charge is 0.485 e. The van der Waals surface area contributed by atoms with Crippen molar-refractivity contribution in [3.63, 3.8) is 0 Å². The molecule has 0 atom stereocenters. The molecule has 0 N–H and O–H groups in total. The molecule has 0 unspecified atom stereocenters. The molecule has 2 saturated carbocycles. The molecule has 5 nitrogen and oxygen atoms in total. The highest BCUT2D eigenvalue weighted by molar-refractivity contribution is 5.37. The van der Waals surface area contributed by atoms with Crippen molar-refractivity contribution in [1.82, 2.24) is 14.5 Å². The minimum Gasteiger partial charge on any atom is -0.485 e. The SMILES string of the molecule is O=c1cc(OCc2ncccn2)cc(C2CC2)n1Cc1ccc(C#CC2CC2)cc1. The maximum Gasteiger partial charge on any atom is 0.254 e. The minimum atomic E-state index is -0.0408. The van der Waals surface area contributed by atoms with Crippen molar-refractivity contribution in [2.45, 2.75) is 44.8 Å². The lowest BCUT2D eigenvalue weighted by atomic mass is 10.1. The summed E-state index contributed by atoms with van der Waals surface area (Å²) in [5, 5.41) is 0. The van der Waals surface area contributed by atoms with Gasteiger partial charge in [-0.2, -0.15) is 0 Å². The van der Waals surface area contributed by atoms with Crippen LogP contribution in [0.3, 0.4) is 0 Å². The van der Waals surface area contributed by atoms with Gasteiger partial charge in [0.25, 0.3) is 5.56 Å². The number of aromatic nitrogens is 3. The Morgan fingerprint density at radius 1 is 1.03 bits per heavy atom. The Hall–Kier alpha value is -3.39. The summed E-state index contributed by atoms with van der Waals surface area (Å²) in [4.78, 5) is 21.2. The number of hydrogen-bond acceptors (Lipinski definition) is 4. The van der Waals surface area contributed by atoms with Crippen molar-refractivity contribution in [2.24, 2.45) is 5.92 Å². The second-order valence-electron chi connectivity index (χ2n) is 8.01. The van der Waals surface area contributed by atoms with Gasteiger partial charge in [0.15, 0.2) is 5.82 Å². The normalized spacial score (nSPS) is 15.3. The number of pyridine rings is 1. The van der Waals surface area contributed by atoms with Gasteiger partial charge in [-0.05, 0) is 55.4 Å². The second kappa shape index (κ2) is 8.16. The minimum absolute atomic E-state index is 0.0408. The molecule has 2 aromatic heterocycles. The van der Waals surface area contributed by atoms with Gasteiger partial charge in [0.05, 0.1) is 6.54 Å². The van der Waals surface area contributed by atoms with Gasteiger partial charge in [0.2, 0.25) is 0 Å². The third-order valence-corrected chi connectivity index (χ3v) is 5.41. The zero-order chi connectivity index (χ0) is 20.3.